The first kappa shape index (κ1) is 10.8. The van der Waals surface area contributed by atoms with Gasteiger partial charge in [-0.05, 0) is 13.8 Å². The molecule has 0 amide bonds. The Balaban J connectivity index is 2.92. The van der Waals surface area contributed by atoms with Crippen LogP contribution in [0.4, 0.5) is 0 Å². The molecule has 0 unspecified atom stereocenters. The van der Waals surface area contributed by atoms with E-state index in [-0.39, 0.29) is 11.7 Å². The molecule has 14 heavy (non-hydrogen) atoms. The molecule has 0 aliphatic heterocycles. The summed E-state index contributed by atoms with van der Waals surface area (Å²) in [6, 6.07) is 0. The Bertz CT molecular complexity index is 328. The second-order valence-electron chi connectivity index (χ2n) is 3.34. The molecule has 0 aliphatic rings. The van der Waals surface area contributed by atoms with Crippen LogP contribution in [0.1, 0.15) is 48.8 Å². The molecule has 1 rings (SSSR count). The molecule has 78 valence electrons. The van der Waals surface area contributed by atoms with Crippen molar-refractivity contribution in [3.8, 4) is 0 Å². The first-order valence-electron chi connectivity index (χ1n) is 4.70. The SMILES string of the molecule is CCOC(=O)c1oc(C(C)C)nc1C. The van der Waals surface area contributed by atoms with Crippen LogP contribution in [0.5, 0.6) is 0 Å². The second-order valence-corrected chi connectivity index (χ2v) is 3.34. The number of aryl methyl sites for hydroxylation is 1. The predicted octanol–water partition coefficient (Wildman–Crippen LogP) is 2.28. The van der Waals surface area contributed by atoms with Crippen molar-refractivity contribution in [3.63, 3.8) is 0 Å². The third-order valence-corrected chi connectivity index (χ3v) is 1.77. The molecule has 0 aliphatic carbocycles. The Morgan fingerprint density at radius 1 is 1.57 bits per heavy atom. The van der Waals surface area contributed by atoms with Gasteiger partial charge in [0.1, 0.15) is 0 Å². The zero-order valence-corrected chi connectivity index (χ0v) is 8.96. The molecule has 4 nitrogen and oxygen atoms in total. The summed E-state index contributed by atoms with van der Waals surface area (Å²) in [6.07, 6.45) is 0. The first-order valence-corrected chi connectivity index (χ1v) is 4.70. The lowest BCUT2D eigenvalue weighted by Crippen LogP contribution is -2.04. The van der Waals surface area contributed by atoms with Gasteiger partial charge >= 0.3 is 5.97 Å². The molecule has 4 heteroatoms. The number of aromatic nitrogens is 1. The minimum Gasteiger partial charge on any atom is -0.460 e. The van der Waals surface area contributed by atoms with Crippen molar-refractivity contribution in [2.45, 2.75) is 33.6 Å². The van der Waals surface area contributed by atoms with Gasteiger partial charge in [-0.15, -0.1) is 0 Å². The van der Waals surface area contributed by atoms with Gasteiger partial charge in [-0.3, -0.25) is 0 Å². The molecule has 0 spiro atoms. The molecule has 0 saturated carbocycles. The average Bonchev–Trinajstić information content (AvgIpc) is 2.48. The van der Waals surface area contributed by atoms with E-state index < -0.39 is 5.97 Å². The van der Waals surface area contributed by atoms with E-state index in [0.29, 0.717) is 18.2 Å². The number of oxazole rings is 1. The van der Waals surface area contributed by atoms with Crippen molar-refractivity contribution in [3.05, 3.63) is 17.3 Å². The van der Waals surface area contributed by atoms with Crippen LogP contribution >= 0.6 is 0 Å². The molecule has 0 saturated heterocycles. The fourth-order valence-electron chi connectivity index (χ4n) is 1.05. The molecular weight excluding hydrogens is 182 g/mol. The summed E-state index contributed by atoms with van der Waals surface area (Å²) in [5.74, 6) is 0.530. The molecule has 0 fully saturated rings. The number of rotatable bonds is 3. The highest BCUT2D eigenvalue weighted by atomic mass is 16.5. The molecule has 0 atom stereocenters. The molecule has 0 N–H and O–H groups in total. The van der Waals surface area contributed by atoms with Crippen LogP contribution < -0.4 is 0 Å². The van der Waals surface area contributed by atoms with Crippen LogP contribution in [0.3, 0.4) is 0 Å². The van der Waals surface area contributed by atoms with Crippen LogP contribution in [-0.2, 0) is 4.74 Å². The van der Waals surface area contributed by atoms with Gasteiger partial charge in [-0.25, -0.2) is 9.78 Å². The molecule has 1 aromatic heterocycles. The van der Waals surface area contributed by atoms with E-state index in [9.17, 15) is 4.79 Å². The molecule has 0 bridgehead atoms. The van der Waals surface area contributed by atoms with Crippen molar-refractivity contribution in [2.24, 2.45) is 0 Å². The maximum Gasteiger partial charge on any atom is 0.376 e. The monoisotopic (exact) mass is 197 g/mol. The summed E-state index contributed by atoms with van der Waals surface area (Å²) in [5, 5.41) is 0. The number of nitrogens with zero attached hydrogens (tertiary/aromatic N) is 1. The zero-order valence-electron chi connectivity index (χ0n) is 8.96. The van der Waals surface area contributed by atoms with E-state index in [1.54, 1.807) is 13.8 Å². The molecule has 0 aromatic carbocycles. The molecule has 1 heterocycles. The Hall–Kier alpha value is -1.32. The topological polar surface area (TPSA) is 52.3 Å². The Kier molecular flexibility index (Phi) is 3.28. The quantitative estimate of drug-likeness (QED) is 0.697. The third kappa shape index (κ3) is 2.13. The van der Waals surface area contributed by atoms with Gasteiger partial charge in [0, 0.05) is 5.92 Å². The maximum atomic E-state index is 11.3. The number of hydrogen-bond acceptors (Lipinski definition) is 4. The minimum absolute atomic E-state index is 0.178. The van der Waals surface area contributed by atoms with Gasteiger partial charge in [0.2, 0.25) is 5.76 Å². The highest BCUT2D eigenvalue weighted by Gasteiger charge is 2.19. The number of carbonyl (C=O) groups excluding carboxylic acids is 1. The summed E-state index contributed by atoms with van der Waals surface area (Å²) in [5.41, 5.74) is 0.590. The number of carbonyl (C=O) groups is 1. The largest absolute Gasteiger partial charge is 0.460 e. The Labute approximate surface area is 83.3 Å². The van der Waals surface area contributed by atoms with Gasteiger partial charge in [-0.2, -0.15) is 0 Å². The highest BCUT2D eigenvalue weighted by Crippen LogP contribution is 2.18. The lowest BCUT2D eigenvalue weighted by molar-refractivity contribution is 0.0486. The summed E-state index contributed by atoms with van der Waals surface area (Å²) in [6.45, 7) is 7.75. The fourth-order valence-corrected chi connectivity index (χ4v) is 1.05. The molecule has 1 aromatic rings. The number of hydrogen-bond donors (Lipinski definition) is 0. The standard InChI is InChI=1S/C10H15NO3/c1-5-13-10(12)8-7(4)11-9(14-8)6(2)3/h6H,5H2,1-4H3. The van der Waals surface area contributed by atoms with E-state index in [2.05, 4.69) is 4.98 Å². The molecular formula is C10H15NO3. The smallest absolute Gasteiger partial charge is 0.376 e. The Morgan fingerprint density at radius 3 is 2.64 bits per heavy atom. The van der Waals surface area contributed by atoms with E-state index in [1.165, 1.54) is 0 Å². The van der Waals surface area contributed by atoms with Crippen molar-refractivity contribution in [2.75, 3.05) is 6.61 Å². The van der Waals surface area contributed by atoms with E-state index in [4.69, 9.17) is 9.15 Å². The van der Waals surface area contributed by atoms with Gasteiger partial charge in [0.15, 0.2) is 5.89 Å². The van der Waals surface area contributed by atoms with Crippen LogP contribution in [0, 0.1) is 6.92 Å². The van der Waals surface area contributed by atoms with Crippen LogP contribution in [0.25, 0.3) is 0 Å². The first-order chi connectivity index (χ1) is 6.56. The summed E-state index contributed by atoms with van der Waals surface area (Å²) in [7, 11) is 0. The summed E-state index contributed by atoms with van der Waals surface area (Å²) in [4.78, 5) is 15.5. The van der Waals surface area contributed by atoms with Gasteiger partial charge in [0.25, 0.3) is 0 Å². The summed E-state index contributed by atoms with van der Waals surface area (Å²) >= 11 is 0. The minimum atomic E-state index is -0.440. The predicted molar refractivity (Wildman–Crippen MR) is 51.3 cm³/mol. The van der Waals surface area contributed by atoms with Gasteiger partial charge < -0.3 is 9.15 Å². The van der Waals surface area contributed by atoms with E-state index in [1.807, 2.05) is 13.8 Å². The van der Waals surface area contributed by atoms with Crippen molar-refractivity contribution in [1.82, 2.24) is 4.98 Å². The Morgan fingerprint density at radius 2 is 2.21 bits per heavy atom. The van der Waals surface area contributed by atoms with Crippen molar-refractivity contribution < 1.29 is 13.9 Å². The number of ether oxygens (including phenoxy) is 1. The van der Waals surface area contributed by atoms with E-state index >= 15 is 0 Å². The van der Waals surface area contributed by atoms with Gasteiger partial charge in [0.05, 0.1) is 12.3 Å². The highest BCUT2D eigenvalue weighted by molar-refractivity contribution is 5.87. The van der Waals surface area contributed by atoms with Crippen LogP contribution in [0.15, 0.2) is 4.42 Å². The fraction of sp³-hybridized carbons (Fsp3) is 0.600. The average molecular weight is 197 g/mol. The van der Waals surface area contributed by atoms with Crippen LogP contribution in [-0.4, -0.2) is 17.6 Å². The normalized spacial score (nSPS) is 10.6. The van der Waals surface area contributed by atoms with Gasteiger partial charge in [-0.1, -0.05) is 13.8 Å². The third-order valence-electron chi connectivity index (χ3n) is 1.77. The lowest BCUT2D eigenvalue weighted by atomic mass is 10.2. The van der Waals surface area contributed by atoms with Crippen molar-refractivity contribution >= 4 is 5.97 Å². The second kappa shape index (κ2) is 4.26. The maximum absolute atomic E-state index is 11.3. The molecule has 0 radical (unpaired) electrons. The van der Waals surface area contributed by atoms with Crippen molar-refractivity contribution in [1.29, 1.82) is 0 Å². The lowest BCUT2D eigenvalue weighted by Gasteiger charge is -1.98. The summed E-state index contributed by atoms with van der Waals surface area (Å²) < 4.78 is 10.1. The number of esters is 1. The van der Waals surface area contributed by atoms with Crippen LogP contribution in [0.2, 0.25) is 0 Å². The zero-order chi connectivity index (χ0) is 10.7. The van der Waals surface area contributed by atoms with E-state index in [0.717, 1.165) is 0 Å².